The number of carboxylic acid groups (broad SMARTS) is 1. The summed E-state index contributed by atoms with van der Waals surface area (Å²) < 4.78 is 16.0. The lowest BCUT2D eigenvalue weighted by atomic mass is 9.92. The zero-order valence-corrected chi connectivity index (χ0v) is 19.6. The van der Waals surface area contributed by atoms with Crippen molar-refractivity contribution in [2.45, 2.75) is 30.8 Å². The molecule has 2 aromatic rings. The maximum Gasteiger partial charge on any atom is 0.407 e. The van der Waals surface area contributed by atoms with E-state index in [2.05, 4.69) is 22.8 Å². The average molecular weight is 483 g/mol. The van der Waals surface area contributed by atoms with Crippen LogP contribution in [0.5, 0.6) is 0 Å². The van der Waals surface area contributed by atoms with E-state index in [0.717, 1.165) is 22.3 Å². The molecule has 4 rings (SSSR count). The standard InChI is InChI=1S/C26H30N2O7/c1-33-15-23(25(31)27-22-10-11-34-13-16(22)12-24(29)30)28-26(32)35-14-21-19-8-4-2-6-17(19)18-7-3-5-9-20(18)21/h2-9,16,21-23H,10-15H2,1H3,(H,27,31)(H,28,32)(H,29,30)/t16?,22?,23-/m0/s1. The van der Waals surface area contributed by atoms with Crippen LogP contribution < -0.4 is 10.6 Å². The average Bonchev–Trinajstić information content (AvgIpc) is 3.17. The summed E-state index contributed by atoms with van der Waals surface area (Å²) in [5.41, 5.74) is 4.44. The van der Waals surface area contributed by atoms with E-state index in [-0.39, 0.29) is 44.1 Å². The smallest absolute Gasteiger partial charge is 0.407 e. The number of ether oxygens (including phenoxy) is 3. The first-order valence-electron chi connectivity index (χ1n) is 11.7. The summed E-state index contributed by atoms with van der Waals surface area (Å²) in [4.78, 5) is 36.7. The summed E-state index contributed by atoms with van der Waals surface area (Å²) in [6.45, 7) is 0.756. The van der Waals surface area contributed by atoms with Crippen LogP contribution in [0, 0.1) is 5.92 Å². The molecule has 0 radical (unpaired) electrons. The third-order valence-electron chi connectivity index (χ3n) is 6.52. The Balaban J connectivity index is 1.37. The van der Waals surface area contributed by atoms with E-state index in [1.54, 1.807) is 0 Å². The molecule has 9 heteroatoms. The zero-order chi connectivity index (χ0) is 24.8. The highest BCUT2D eigenvalue weighted by Gasteiger charge is 2.33. The van der Waals surface area contributed by atoms with Crippen molar-refractivity contribution in [1.29, 1.82) is 0 Å². The van der Waals surface area contributed by atoms with E-state index in [4.69, 9.17) is 19.3 Å². The second-order valence-electron chi connectivity index (χ2n) is 8.81. The number of fused-ring (bicyclic) bond motifs is 3. The van der Waals surface area contributed by atoms with E-state index in [9.17, 15) is 14.4 Å². The van der Waals surface area contributed by atoms with Gasteiger partial charge in [0.1, 0.15) is 12.6 Å². The molecule has 186 valence electrons. The second-order valence-corrected chi connectivity index (χ2v) is 8.81. The van der Waals surface area contributed by atoms with Crippen LogP contribution in [0.25, 0.3) is 11.1 Å². The van der Waals surface area contributed by atoms with E-state index >= 15 is 0 Å². The van der Waals surface area contributed by atoms with Gasteiger partial charge in [-0.1, -0.05) is 48.5 Å². The van der Waals surface area contributed by atoms with Crippen LogP contribution >= 0.6 is 0 Å². The van der Waals surface area contributed by atoms with Gasteiger partial charge in [-0.25, -0.2) is 4.79 Å². The van der Waals surface area contributed by atoms with Crippen molar-refractivity contribution in [1.82, 2.24) is 10.6 Å². The van der Waals surface area contributed by atoms with Crippen molar-refractivity contribution >= 4 is 18.0 Å². The van der Waals surface area contributed by atoms with Gasteiger partial charge in [0.05, 0.1) is 19.6 Å². The Bertz CT molecular complexity index is 1030. The third-order valence-corrected chi connectivity index (χ3v) is 6.52. The van der Waals surface area contributed by atoms with Crippen molar-refractivity contribution in [3.8, 4) is 11.1 Å². The molecular weight excluding hydrogens is 452 g/mol. The molecule has 3 atom stereocenters. The second kappa shape index (κ2) is 11.3. The number of nitrogens with one attached hydrogen (secondary N) is 2. The molecule has 0 saturated carbocycles. The first kappa shape index (κ1) is 24.7. The fourth-order valence-electron chi connectivity index (χ4n) is 4.83. The van der Waals surface area contributed by atoms with Gasteiger partial charge in [0.2, 0.25) is 5.91 Å². The molecule has 2 aromatic carbocycles. The van der Waals surface area contributed by atoms with Crippen LogP contribution in [0.1, 0.15) is 29.9 Å². The molecule has 1 saturated heterocycles. The predicted octanol–water partition coefficient (Wildman–Crippen LogP) is 2.54. The first-order valence-corrected chi connectivity index (χ1v) is 11.7. The quantitative estimate of drug-likeness (QED) is 0.502. The number of benzene rings is 2. The Labute approximate surface area is 203 Å². The van der Waals surface area contributed by atoms with Crippen molar-refractivity contribution < 1.29 is 33.7 Å². The Hall–Kier alpha value is -3.43. The molecule has 2 aliphatic rings. The Morgan fingerprint density at radius 3 is 2.37 bits per heavy atom. The summed E-state index contributed by atoms with van der Waals surface area (Å²) in [6, 6.07) is 14.7. The molecule has 3 N–H and O–H groups in total. The molecule has 0 aromatic heterocycles. The van der Waals surface area contributed by atoms with Gasteiger partial charge in [-0.05, 0) is 28.7 Å². The number of carbonyl (C=O) groups excluding carboxylic acids is 2. The van der Waals surface area contributed by atoms with E-state index in [1.165, 1.54) is 7.11 Å². The van der Waals surface area contributed by atoms with Crippen LogP contribution in [0.4, 0.5) is 4.79 Å². The molecule has 0 spiro atoms. The van der Waals surface area contributed by atoms with Crippen LogP contribution in [0.3, 0.4) is 0 Å². The predicted molar refractivity (Wildman–Crippen MR) is 127 cm³/mol. The topological polar surface area (TPSA) is 123 Å². The van der Waals surface area contributed by atoms with Gasteiger partial charge in [-0.15, -0.1) is 0 Å². The SMILES string of the molecule is COC[C@H](NC(=O)OCC1c2ccccc2-c2ccccc21)C(=O)NC1CCOCC1CC(=O)O. The lowest BCUT2D eigenvalue weighted by molar-refractivity contribution is -0.140. The van der Waals surface area contributed by atoms with Gasteiger partial charge in [0.15, 0.2) is 0 Å². The summed E-state index contributed by atoms with van der Waals surface area (Å²) >= 11 is 0. The normalized spacial score (nSPS) is 19.8. The number of carboxylic acids is 1. The highest BCUT2D eigenvalue weighted by Crippen LogP contribution is 2.44. The molecule has 35 heavy (non-hydrogen) atoms. The minimum atomic E-state index is -0.982. The fraction of sp³-hybridized carbons (Fsp3) is 0.423. The van der Waals surface area contributed by atoms with Crippen LogP contribution in [-0.2, 0) is 23.8 Å². The number of rotatable bonds is 9. The highest BCUT2D eigenvalue weighted by atomic mass is 16.5. The molecule has 2 amide bonds. The van der Waals surface area contributed by atoms with Crippen molar-refractivity contribution in [3.63, 3.8) is 0 Å². The Morgan fingerprint density at radius 1 is 1.09 bits per heavy atom. The highest BCUT2D eigenvalue weighted by molar-refractivity contribution is 5.86. The number of methoxy groups -OCH3 is 1. The van der Waals surface area contributed by atoms with E-state index in [1.807, 2.05) is 36.4 Å². The maximum absolute atomic E-state index is 12.9. The van der Waals surface area contributed by atoms with Gasteiger partial charge < -0.3 is 30.0 Å². The minimum Gasteiger partial charge on any atom is -0.481 e. The number of carbonyl (C=O) groups is 3. The molecule has 1 aliphatic carbocycles. The zero-order valence-electron chi connectivity index (χ0n) is 19.6. The molecule has 0 bridgehead atoms. The number of hydrogen-bond donors (Lipinski definition) is 3. The summed E-state index contributed by atoms with van der Waals surface area (Å²) in [6.07, 6.45) is -0.341. The number of aliphatic carboxylic acids is 1. The molecule has 1 heterocycles. The fourth-order valence-corrected chi connectivity index (χ4v) is 4.83. The number of amides is 2. The van der Waals surface area contributed by atoms with Gasteiger partial charge in [0, 0.05) is 31.6 Å². The number of alkyl carbamates (subject to hydrolysis) is 1. The Morgan fingerprint density at radius 2 is 1.74 bits per heavy atom. The summed E-state index contributed by atoms with van der Waals surface area (Å²) in [5, 5.41) is 14.6. The van der Waals surface area contributed by atoms with Crippen molar-refractivity contribution in [2.75, 3.05) is 33.5 Å². The van der Waals surface area contributed by atoms with Crippen LogP contribution in [0.15, 0.2) is 48.5 Å². The summed E-state index contributed by atoms with van der Waals surface area (Å²) in [5.74, 6) is -1.85. The largest absolute Gasteiger partial charge is 0.481 e. The molecule has 9 nitrogen and oxygen atoms in total. The molecule has 2 unspecified atom stereocenters. The van der Waals surface area contributed by atoms with Crippen molar-refractivity contribution in [2.24, 2.45) is 5.92 Å². The number of hydrogen-bond acceptors (Lipinski definition) is 6. The molecule has 1 aliphatic heterocycles. The van der Waals surface area contributed by atoms with E-state index in [0.29, 0.717) is 13.0 Å². The van der Waals surface area contributed by atoms with Gasteiger partial charge in [-0.2, -0.15) is 0 Å². The lowest BCUT2D eigenvalue weighted by Crippen LogP contribution is -2.55. The van der Waals surface area contributed by atoms with Gasteiger partial charge in [0.25, 0.3) is 0 Å². The monoisotopic (exact) mass is 482 g/mol. The first-order chi connectivity index (χ1) is 17.0. The lowest BCUT2D eigenvalue weighted by Gasteiger charge is -2.32. The Kier molecular flexibility index (Phi) is 7.99. The minimum absolute atomic E-state index is 0.0527. The summed E-state index contributed by atoms with van der Waals surface area (Å²) in [7, 11) is 1.43. The van der Waals surface area contributed by atoms with Crippen LogP contribution in [0.2, 0.25) is 0 Å². The van der Waals surface area contributed by atoms with Gasteiger partial charge in [-0.3, -0.25) is 9.59 Å². The third kappa shape index (κ3) is 5.80. The molecular formula is C26H30N2O7. The van der Waals surface area contributed by atoms with Crippen molar-refractivity contribution in [3.05, 3.63) is 59.7 Å². The van der Waals surface area contributed by atoms with Gasteiger partial charge >= 0.3 is 12.1 Å². The maximum atomic E-state index is 12.9. The molecule has 1 fully saturated rings. The van der Waals surface area contributed by atoms with Crippen LogP contribution in [-0.4, -0.2) is 68.7 Å². The van der Waals surface area contributed by atoms with E-state index < -0.39 is 24.0 Å².